The van der Waals surface area contributed by atoms with Crippen LogP contribution in [-0.2, 0) is 10.1 Å². The molecule has 0 saturated carbocycles. The zero-order valence-corrected chi connectivity index (χ0v) is 8.82. The molecule has 0 amide bonds. The molecule has 1 N–H and O–H groups in total. The molecule has 0 aromatic heterocycles. The van der Waals surface area contributed by atoms with Gasteiger partial charge in [0.25, 0.3) is 10.1 Å². The van der Waals surface area contributed by atoms with E-state index in [0.717, 1.165) is 0 Å². The summed E-state index contributed by atoms with van der Waals surface area (Å²) in [5.74, 6) is 0. The van der Waals surface area contributed by atoms with E-state index in [1.807, 2.05) is 0 Å². The summed E-state index contributed by atoms with van der Waals surface area (Å²) in [6, 6.07) is 4.10. The Kier molecular flexibility index (Phi) is 2.77. The largest absolute Gasteiger partial charge is 0.296 e. The minimum Gasteiger partial charge on any atom is -0.282 e. The van der Waals surface area contributed by atoms with Crippen LogP contribution in [0.5, 0.6) is 0 Å². The molecule has 0 aliphatic rings. The van der Waals surface area contributed by atoms with Gasteiger partial charge in [-0.15, -0.1) is 0 Å². The average Bonchev–Trinajstić information content (AvgIpc) is 1.83. The first-order chi connectivity index (χ1) is 5.41. The summed E-state index contributed by atoms with van der Waals surface area (Å²) in [6.45, 7) is 0. The minimum absolute atomic E-state index is 0.00752. The molecule has 1 aromatic rings. The number of rotatable bonds is 1. The molecule has 0 fully saturated rings. The van der Waals surface area contributed by atoms with Gasteiger partial charge in [-0.1, -0.05) is 27.5 Å². The van der Waals surface area contributed by atoms with Gasteiger partial charge in [0.15, 0.2) is 0 Å². The molecule has 0 unspecified atom stereocenters. The molecule has 6 heteroatoms. The number of benzene rings is 1. The van der Waals surface area contributed by atoms with Crippen LogP contribution in [-0.4, -0.2) is 13.0 Å². The van der Waals surface area contributed by atoms with E-state index >= 15 is 0 Å². The van der Waals surface area contributed by atoms with Gasteiger partial charge in [-0.2, -0.15) is 8.42 Å². The third kappa shape index (κ3) is 2.20. The summed E-state index contributed by atoms with van der Waals surface area (Å²) in [4.78, 5) is -0.285. The second-order valence-electron chi connectivity index (χ2n) is 2.05. The van der Waals surface area contributed by atoms with E-state index in [1.165, 1.54) is 18.2 Å². The molecule has 0 aliphatic carbocycles. The highest BCUT2D eigenvalue weighted by molar-refractivity contribution is 9.10. The van der Waals surface area contributed by atoms with Gasteiger partial charge >= 0.3 is 0 Å². The zero-order chi connectivity index (χ0) is 9.35. The zero-order valence-electron chi connectivity index (χ0n) is 5.66. The molecule has 0 atom stereocenters. The van der Waals surface area contributed by atoms with Crippen LogP contribution in [0.25, 0.3) is 0 Å². The Balaban J connectivity index is 3.39. The van der Waals surface area contributed by atoms with Crippen molar-refractivity contribution in [3.05, 3.63) is 27.7 Å². The highest BCUT2D eigenvalue weighted by atomic mass is 79.9. The van der Waals surface area contributed by atoms with Crippen molar-refractivity contribution in [3.8, 4) is 0 Å². The summed E-state index contributed by atoms with van der Waals surface area (Å²) < 4.78 is 30.5. The van der Waals surface area contributed by atoms with Crippen molar-refractivity contribution >= 4 is 37.6 Å². The van der Waals surface area contributed by atoms with Crippen LogP contribution in [0.4, 0.5) is 0 Å². The van der Waals surface area contributed by atoms with Crippen molar-refractivity contribution in [1.82, 2.24) is 0 Å². The quantitative estimate of drug-likeness (QED) is 0.798. The minimum atomic E-state index is -4.20. The lowest BCUT2D eigenvalue weighted by Gasteiger charge is -1.99. The molecule has 0 saturated heterocycles. The lowest BCUT2D eigenvalue weighted by Crippen LogP contribution is -1.98. The standard InChI is InChI=1S/C6H4BrClO3S/c7-4-1-2-6(5(8)3-4)12(9,10)11/h1-3H,(H,9,10,11). The van der Waals surface area contributed by atoms with E-state index in [4.69, 9.17) is 16.2 Å². The van der Waals surface area contributed by atoms with Crippen molar-refractivity contribution < 1.29 is 13.0 Å². The third-order valence-electron chi connectivity index (χ3n) is 1.17. The predicted molar refractivity (Wildman–Crippen MR) is 49.0 cm³/mol. The maximum absolute atomic E-state index is 10.6. The van der Waals surface area contributed by atoms with Crippen LogP contribution >= 0.6 is 27.5 Å². The number of hydrogen-bond donors (Lipinski definition) is 1. The number of halogens is 2. The molecule has 0 radical (unpaired) electrons. The van der Waals surface area contributed by atoms with Crippen molar-refractivity contribution in [2.75, 3.05) is 0 Å². The Labute approximate surface area is 83.2 Å². The van der Waals surface area contributed by atoms with E-state index in [-0.39, 0.29) is 9.92 Å². The van der Waals surface area contributed by atoms with E-state index < -0.39 is 10.1 Å². The summed E-state index contributed by atoms with van der Waals surface area (Å²) in [7, 11) is -4.20. The molecule has 1 aromatic carbocycles. The molecule has 12 heavy (non-hydrogen) atoms. The smallest absolute Gasteiger partial charge is 0.282 e. The Morgan fingerprint density at radius 2 is 2.00 bits per heavy atom. The molecule has 3 nitrogen and oxygen atoms in total. The van der Waals surface area contributed by atoms with Crippen LogP contribution in [0.1, 0.15) is 0 Å². The second-order valence-corrected chi connectivity index (χ2v) is 4.76. The summed E-state index contributed by atoms with van der Waals surface area (Å²) in [6.07, 6.45) is 0. The highest BCUT2D eigenvalue weighted by Gasteiger charge is 2.13. The van der Waals surface area contributed by atoms with Gasteiger partial charge in [0.05, 0.1) is 5.02 Å². The molecular formula is C6H4BrClO3S. The SMILES string of the molecule is O=S(=O)(O)c1ccc(Br)cc1Cl. The third-order valence-corrected chi connectivity index (χ3v) is 3.00. The fourth-order valence-electron chi connectivity index (χ4n) is 0.684. The number of hydrogen-bond acceptors (Lipinski definition) is 2. The van der Waals surface area contributed by atoms with Crippen molar-refractivity contribution in [2.24, 2.45) is 0 Å². The van der Waals surface area contributed by atoms with Gasteiger partial charge in [0.1, 0.15) is 4.90 Å². The molecule has 66 valence electrons. The fraction of sp³-hybridized carbons (Fsp3) is 0. The lowest BCUT2D eigenvalue weighted by atomic mass is 10.4. The van der Waals surface area contributed by atoms with Gasteiger partial charge in [-0.3, -0.25) is 4.55 Å². The lowest BCUT2D eigenvalue weighted by molar-refractivity contribution is 0.483. The molecular weight excluding hydrogens is 267 g/mol. The van der Waals surface area contributed by atoms with Gasteiger partial charge in [-0.25, -0.2) is 0 Å². The molecule has 0 heterocycles. The highest BCUT2D eigenvalue weighted by Crippen LogP contribution is 2.24. The fourth-order valence-corrected chi connectivity index (χ4v) is 2.20. The van der Waals surface area contributed by atoms with E-state index in [0.29, 0.717) is 4.47 Å². The average molecular weight is 272 g/mol. The van der Waals surface area contributed by atoms with E-state index in [2.05, 4.69) is 15.9 Å². The van der Waals surface area contributed by atoms with Crippen LogP contribution in [0.3, 0.4) is 0 Å². The Morgan fingerprint density at radius 1 is 1.42 bits per heavy atom. The van der Waals surface area contributed by atoms with Crippen LogP contribution in [0.15, 0.2) is 27.6 Å². The summed E-state index contributed by atoms with van der Waals surface area (Å²) in [5, 5.41) is -0.00752. The Bertz CT molecular complexity index is 401. The van der Waals surface area contributed by atoms with Crippen molar-refractivity contribution in [3.63, 3.8) is 0 Å². The van der Waals surface area contributed by atoms with Gasteiger partial charge in [0, 0.05) is 4.47 Å². The van der Waals surface area contributed by atoms with E-state index in [1.54, 1.807) is 0 Å². The summed E-state index contributed by atoms with van der Waals surface area (Å²) in [5.41, 5.74) is 0. The van der Waals surface area contributed by atoms with Gasteiger partial charge in [0.2, 0.25) is 0 Å². The topological polar surface area (TPSA) is 54.4 Å². The van der Waals surface area contributed by atoms with E-state index in [9.17, 15) is 8.42 Å². The first kappa shape index (κ1) is 9.98. The van der Waals surface area contributed by atoms with Gasteiger partial charge in [-0.05, 0) is 18.2 Å². The second kappa shape index (κ2) is 3.33. The first-order valence-corrected chi connectivity index (χ1v) is 5.45. The van der Waals surface area contributed by atoms with Crippen LogP contribution < -0.4 is 0 Å². The first-order valence-electron chi connectivity index (χ1n) is 2.84. The normalized spacial score (nSPS) is 11.6. The van der Waals surface area contributed by atoms with Gasteiger partial charge < -0.3 is 0 Å². The molecule has 0 spiro atoms. The molecule has 1 rings (SSSR count). The monoisotopic (exact) mass is 270 g/mol. The maximum atomic E-state index is 10.6. The maximum Gasteiger partial charge on any atom is 0.296 e. The predicted octanol–water partition coefficient (Wildman–Crippen LogP) is 2.35. The Hall–Kier alpha value is -0.100. The summed E-state index contributed by atoms with van der Waals surface area (Å²) >= 11 is 8.65. The molecule has 0 aliphatic heterocycles. The Morgan fingerprint density at radius 3 is 2.42 bits per heavy atom. The van der Waals surface area contributed by atoms with Crippen molar-refractivity contribution in [2.45, 2.75) is 4.90 Å². The molecule has 0 bridgehead atoms. The van der Waals surface area contributed by atoms with Crippen LogP contribution in [0, 0.1) is 0 Å². The van der Waals surface area contributed by atoms with Crippen molar-refractivity contribution in [1.29, 1.82) is 0 Å². The van der Waals surface area contributed by atoms with Crippen LogP contribution in [0.2, 0.25) is 5.02 Å².